The molecule has 0 atom stereocenters. The highest BCUT2D eigenvalue weighted by Crippen LogP contribution is 2.26. The lowest BCUT2D eigenvalue weighted by atomic mass is 10.1. The molecule has 0 fully saturated rings. The van der Waals surface area contributed by atoms with Crippen molar-refractivity contribution in [2.45, 2.75) is 13.2 Å². The second kappa shape index (κ2) is 5.41. The van der Waals surface area contributed by atoms with Crippen LogP contribution in [0.4, 0.5) is 0 Å². The SMILES string of the molecule is O=c1c2[nH]c3ccccc3c2c(CO)cn1Cc1ccccc1. The highest BCUT2D eigenvalue weighted by molar-refractivity contribution is 6.08. The zero-order valence-corrected chi connectivity index (χ0v) is 12.5. The van der Waals surface area contributed by atoms with E-state index in [4.69, 9.17) is 0 Å². The van der Waals surface area contributed by atoms with Crippen molar-refractivity contribution in [1.82, 2.24) is 9.55 Å². The minimum absolute atomic E-state index is 0.0720. The normalized spacial score (nSPS) is 11.3. The molecule has 4 aromatic rings. The van der Waals surface area contributed by atoms with E-state index >= 15 is 0 Å². The van der Waals surface area contributed by atoms with Crippen molar-refractivity contribution < 1.29 is 5.11 Å². The average molecular weight is 304 g/mol. The number of rotatable bonds is 3. The molecular weight excluding hydrogens is 288 g/mol. The van der Waals surface area contributed by atoms with Crippen LogP contribution in [0, 0.1) is 0 Å². The minimum atomic E-state index is -0.104. The molecule has 4 rings (SSSR count). The molecular formula is C19H16N2O2. The van der Waals surface area contributed by atoms with E-state index in [1.165, 1.54) is 0 Å². The fourth-order valence-electron chi connectivity index (χ4n) is 3.11. The first-order chi connectivity index (χ1) is 11.3. The van der Waals surface area contributed by atoms with Gasteiger partial charge in [-0.1, -0.05) is 48.5 Å². The number of hydrogen-bond acceptors (Lipinski definition) is 2. The van der Waals surface area contributed by atoms with Crippen LogP contribution in [-0.4, -0.2) is 14.7 Å². The summed E-state index contributed by atoms with van der Waals surface area (Å²) < 4.78 is 1.65. The van der Waals surface area contributed by atoms with Crippen molar-refractivity contribution >= 4 is 21.8 Å². The van der Waals surface area contributed by atoms with E-state index in [1.54, 1.807) is 10.8 Å². The summed E-state index contributed by atoms with van der Waals surface area (Å²) in [6, 6.07) is 17.6. The van der Waals surface area contributed by atoms with E-state index in [-0.39, 0.29) is 12.2 Å². The lowest BCUT2D eigenvalue weighted by Crippen LogP contribution is -2.21. The topological polar surface area (TPSA) is 58.0 Å². The van der Waals surface area contributed by atoms with Gasteiger partial charge in [0.15, 0.2) is 0 Å². The number of aliphatic hydroxyl groups is 1. The molecule has 2 N–H and O–H groups in total. The Morgan fingerprint density at radius 1 is 1.00 bits per heavy atom. The number of H-pyrrole nitrogens is 1. The highest BCUT2D eigenvalue weighted by atomic mass is 16.3. The van der Waals surface area contributed by atoms with E-state index in [9.17, 15) is 9.90 Å². The first-order valence-corrected chi connectivity index (χ1v) is 7.55. The van der Waals surface area contributed by atoms with Gasteiger partial charge < -0.3 is 14.7 Å². The number of benzene rings is 2. The number of nitrogens with one attached hydrogen (secondary N) is 1. The summed E-state index contributed by atoms with van der Waals surface area (Å²) in [4.78, 5) is 16.0. The van der Waals surface area contributed by atoms with E-state index < -0.39 is 0 Å². The van der Waals surface area contributed by atoms with E-state index in [0.29, 0.717) is 12.1 Å². The Morgan fingerprint density at radius 3 is 2.52 bits per heavy atom. The molecule has 2 aromatic heterocycles. The van der Waals surface area contributed by atoms with Crippen LogP contribution in [0.1, 0.15) is 11.1 Å². The Bertz CT molecular complexity index is 1050. The Morgan fingerprint density at radius 2 is 1.74 bits per heavy atom. The van der Waals surface area contributed by atoms with Gasteiger partial charge in [-0.15, -0.1) is 0 Å². The molecule has 2 aromatic carbocycles. The summed E-state index contributed by atoms with van der Waals surface area (Å²) in [7, 11) is 0. The lowest BCUT2D eigenvalue weighted by Gasteiger charge is -2.09. The maximum Gasteiger partial charge on any atom is 0.275 e. The van der Waals surface area contributed by atoms with E-state index in [2.05, 4.69) is 4.98 Å². The quantitative estimate of drug-likeness (QED) is 0.611. The summed E-state index contributed by atoms with van der Waals surface area (Å²) in [6.45, 7) is 0.380. The number of aromatic amines is 1. The van der Waals surface area contributed by atoms with Crippen molar-refractivity contribution in [3.05, 3.63) is 82.3 Å². The van der Waals surface area contributed by atoms with Crippen molar-refractivity contribution in [3.8, 4) is 0 Å². The van der Waals surface area contributed by atoms with Gasteiger partial charge in [0.25, 0.3) is 5.56 Å². The van der Waals surface area contributed by atoms with Gasteiger partial charge in [-0.25, -0.2) is 0 Å². The van der Waals surface area contributed by atoms with Gasteiger partial charge in [0.05, 0.1) is 13.2 Å². The molecule has 0 aliphatic rings. The first-order valence-electron chi connectivity index (χ1n) is 7.55. The number of nitrogens with zero attached hydrogens (tertiary/aromatic N) is 1. The fourth-order valence-corrected chi connectivity index (χ4v) is 3.11. The number of aromatic nitrogens is 2. The second-order valence-electron chi connectivity index (χ2n) is 5.65. The number of aliphatic hydroxyl groups excluding tert-OH is 1. The number of para-hydroxylation sites is 1. The zero-order valence-electron chi connectivity index (χ0n) is 12.5. The van der Waals surface area contributed by atoms with Crippen LogP contribution < -0.4 is 5.56 Å². The summed E-state index contributed by atoms with van der Waals surface area (Å²) in [6.07, 6.45) is 1.76. The van der Waals surface area contributed by atoms with E-state index in [0.717, 1.165) is 27.4 Å². The highest BCUT2D eigenvalue weighted by Gasteiger charge is 2.14. The lowest BCUT2D eigenvalue weighted by molar-refractivity contribution is 0.282. The van der Waals surface area contributed by atoms with Crippen LogP contribution in [-0.2, 0) is 13.2 Å². The van der Waals surface area contributed by atoms with E-state index in [1.807, 2.05) is 54.6 Å². The van der Waals surface area contributed by atoms with Crippen molar-refractivity contribution in [1.29, 1.82) is 0 Å². The maximum atomic E-state index is 12.8. The van der Waals surface area contributed by atoms with Gasteiger partial charge in [0, 0.05) is 28.0 Å². The van der Waals surface area contributed by atoms with Gasteiger partial charge in [-0.3, -0.25) is 4.79 Å². The average Bonchev–Trinajstić information content (AvgIpc) is 2.98. The molecule has 2 heterocycles. The fraction of sp³-hybridized carbons (Fsp3) is 0.105. The molecule has 0 spiro atoms. The number of pyridine rings is 1. The molecule has 0 aliphatic carbocycles. The predicted octanol–water partition coefficient (Wildman–Crippen LogP) is 3.02. The first kappa shape index (κ1) is 13.8. The molecule has 4 nitrogen and oxygen atoms in total. The third kappa shape index (κ3) is 2.24. The van der Waals surface area contributed by atoms with Crippen molar-refractivity contribution in [2.75, 3.05) is 0 Å². The van der Waals surface area contributed by atoms with Gasteiger partial charge in [0.2, 0.25) is 0 Å². The molecule has 0 saturated carbocycles. The largest absolute Gasteiger partial charge is 0.392 e. The summed E-state index contributed by atoms with van der Waals surface area (Å²) >= 11 is 0. The summed E-state index contributed by atoms with van der Waals surface area (Å²) in [5, 5.41) is 11.6. The van der Waals surface area contributed by atoms with Crippen LogP contribution in [0.25, 0.3) is 21.8 Å². The van der Waals surface area contributed by atoms with Gasteiger partial charge in [-0.05, 0) is 11.6 Å². The van der Waals surface area contributed by atoms with Crippen LogP contribution in [0.2, 0.25) is 0 Å². The Balaban J connectivity index is 1.98. The Hall–Kier alpha value is -2.85. The minimum Gasteiger partial charge on any atom is -0.392 e. The van der Waals surface area contributed by atoms with Crippen LogP contribution in [0.15, 0.2) is 65.6 Å². The zero-order chi connectivity index (χ0) is 15.8. The molecule has 0 unspecified atom stereocenters. The van der Waals surface area contributed by atoms with Crippen molar-refractivity contribution in [2.24, 2.45) is 0 Å². The second-order valence-corrected chi connectivity index (χ2v) is 5.65. The predicted molar refractivity (Wildman–Crippen MR) is 91.5 cm³/mol. The van der Waals surface area contributed by atoms with Crippen LogP contribution >= 0.6 is 0 Å². The molecule has 23 heavy (non-hydrogen) atoms. The monoisotopic (exact) mass is 304 g/mol. The molecule has 0 aliphatic heterocycles. The van der Waals surface area contributed by atoms with Crippen molar-refractivity contribution in [3.63, 3.8) is 0 Å². The van der Waals surface area contributed by atoms with Crippen LogP contribution in [0.5, 0.6) is 0 Å². The third-order valence-electron chi connectivity index (χ3n) is 4.18. The molecule has 0 amide bonds. The Kier molecular flexibility index (Phi) is 3.24. The van der Waals surface area contributed by atoms with Gasteiger partial charge in [0.1, 0.15) is 5.52 Å². The molecule has 0 radical (unpaired) electrons. The Labute approximate surface area is 132 Å². The molecule has 0 saturated heterocycles. The van der Waals surface area contributed by atoms with Gasteiger partial charge in [-0.2, -0.15) is 0 Å². The molecule has 4 heteroatoms. The molecule has 0 bridgehead atoms. The number of hydrogen-bond donors (Lipinski definition) is 2. The standard InChI is InChI=1S/C19H16N2O2/c22-12-14-11-21(10-13-6-2-1-3-7-13)19(23)18-17(14)15-8-4-5-9-16(15)20-18/h1-9,11,20,22H,10,12H2. The summed E-state index contributed by atoms with van der Waals surface area (Å²) in [5.74, 6) is 0. The van der Waals surface area contributed by atoms with Gasteiger partial charge >= 0.3 is 0 Å². The summed E-state index contributed by atoms with van der Waals surface area (Å²) in [5.41, 5.74) is 3.19. The molecule has 114 valence electrons. The maximum absolute atomic E-state index is 12.8. The third-order valence-corrected chi connectivity index (χ3v) is 4.18. The number of fused-ring (bicyclic) bond motifs is 3. The smallest absolute Gasteiger partial charge is 0.275 e. The van der Waals surface area contributed by atoms with Crippen LogP contribution in [0.3, 0.4) is 0 Å².